The molecular formula is C13H23N3O. The molecule has 17 heavy (non-hydrogen) atoms. The van der Waals surface area contributed by atoms with Crippen LogP contribution in [0.4, 0.5) is 0 Å². The minimum absolute atomic E-state index is 0.386. The predicted octanol–water partition coefficient (Wildman–Crippen LogP) is 1.77. The second-order valence-corrected chi connectivity index (χ2v) is 5.50. The quantitative estimate of drug-likeness (QED) is 0.838. The Morgan fingerprint density at radius 3 is 2.88 bits per heavy atom. The zero-order valence-electron chi connectivity index (χ0n) is 11.1. The summed E-state index contributed by atoms with van der Waals surface area (Å²) < 4.78 is 5.16. The van der Waals surface area contributed by atoms with Gasteiger partial charge in [0.1, 0.15) is 5.76 Å². The van der Waals surface area contributed by atoms with Crippen molar-refractivity contribution in [3.8, 4) is 0 Å². The highest BCUT2D eigenvalue weighted by Gasteiger charge is 2.26. The van der Waals surface area contributed by atoms with E-state index >= 15 is 0 Å². The van der Waals surface area contributed by atoms with Gasteiger partial charge in [-0.2, -0.15) is 0 Å². The number of aryl methyl sites for hydroxylation is 2. The van der Waals surface area contributed by atoms with Gasteiger partial charge in [-0.15, -0.1) is 0 Å². The van der Waals surface area contributed by atoms with Crippen LogP contribution in [0.3, 0.4) is 0 Å². The number of aromatic nitrogens is 1. The fourth-order valence-corrected chi connectivity index (χ4v) is 2.51. The summed E-state index contributed by atoms with van der Waals surface area (Å²) in [5, 5.41) is 11.0. The Kier molecular flexibility index (Phi) is 3.84. The van der Waals surface area contributed by atoms with Gasteiger partial charge in [-0.3, -0.25) is 0 Å². The van der Waals surface area contributed by atoms with Crippen molar-refractivity contribution < 1.29 is 4.52 Å². The lowest BCUT2D eigenvalue weighted by Crippen LogP contribution is -2.44. The van der Waals surface area contributed by atoms with Crippen LogP contribution in [0.25, 0.3) is 0 Å². The lowest BCUT2D eigenvalue weighted by Gasteiger charge is -2.34. The van der Waals surface area contributed by atoms with Gasteiger partial charge in [-0.25, -0.2) is 0 Å². The minimum Gasteiger partial charge on any atom is -0.361 e. The molecule has 0 radical (unpaired) electrons. The van der Waals surface area contributed by atoms with E-state index in [1.54, 1.807) is 0 Å². The number of nitrogens with zero attached hydrogens (tertiary/aromatic N) is 1. The summed E-state index contributed by atoms with van der Waals surface area (Å²) >= 11 is 0. The minimum atomic E-state index is 0.386. The van der Waals surface area contributed by atoms with Crippen LogP contribution >= 0.6 is 0 Å². The molecule has 0 saturated carbocycles. The van der Waals surface area contributed by atoms with Crippen LogP contribution in [-0.2, 0) is 6.54 Å². The molecule has 2 rings (SSSR count). The molecule has 4 heteroatoms. The van der Waals surface area contributed by atoms with Gasteiger partial charge in [-0.05, 0) is 38.6 Å². The third-order valence-corrected chi connectivity index (χ3v) is 3.72. The van der Waals surface area contributed by atoms with Gasteiger partial charge in [0, 0.05) is 25.2 Å². The lowest BCUT2D eigenvalue weighted by atomic mass is 9.83. The molecule has 0 spiro atoms. The molecule has 4 nitrogen and oxygen atoms in total. The summed E-state index contributed by atoms with van der Waals surface area (Å²) in [6, 6.07) is 0. The van der Waals surface area contributed by atoms with E-state index in [-0.39, 0.29) is 0 Å². The molecule has 1 unspecified atom stereocenters. The number of rotatable bonds is 4. The third-order valence-electron chi connectivity index (χ3n) is 3.72. The lowest BCUT2D eigenvalue weighted by molar-refractivity contribution is 0.226. The topological polar surface area (TPSA) is 50.1 Å². The molecule has 0 bridgehead atoms. The van der Waals surface area contributed by atoms with Gasteiger partial charge in [0.25, 0.3) is 0 Å². The highest BCUT2D eigenvalue weighted by atomic mass is 16.5. The van der Waals surface area contributed by atoms with Crippen molar-refractivity contribution in [3.05, 3.63) is 17.0 Å². The van der Waals surface area contributed by atoms with Gasteiger partial charge >= 0.3 is 0 Å². The Morgan fingerprint density at radius 1 is 1.47 bits per heavy atom. The molecule has 2 heterocycles. The van der Waals surface area contributed by atoms with Crippen LogP contribution in [0.2, 0.25) is 0 Å². The number of nitrogens with one attached hydrogen (secondary N) is 2. The van der Waals surface area contributed by atoms with Crippen LogP contribution in [0, 0.1) is 19.3 Å². The highest BCUT2D eigenvalue weighted by molar-refractivity contribution is 5.20. The maximum absolute atomic E-state index is 5.16. The zero-order chi connectivity index (χ0) is 12.3. The third kappa shape index (κ3) is 3.07. The monoisotopic (exact) mass is 237 g/mol. The SMILES string of the molecule is Cc1noc(C)c1CNCC1(C)CCCNC1. The Bertz CT molecular complexity index is 347. The summed E-state index contributed by atoms with van der Waals surface area (Å²) in [7, 11) is 0. The Labute approximate surface area is 103 Å². The molecule has 96 valence electrons. The molecule has 0 aromatic carbocycles. The first kappa shape index (κ1) is 12.6. The van der Waals surface area contributed by atoms with Gasteiger partial charge in [-0.1, -0.05) is 12.1 Å². The van der Waals surface area contributed by atoms with E-state index in [4.69, 9.17) is 4.52 Å². The smallest absolute Gasteiger partial charge is 0.138 e. The summed E-state index contributed by atoms with van der Waals surface area (Å²) in [6.07, 6.45) is 2.58. The van der Waals surface area contributed by atoms with Crippen molar-refractivity contribution in [2.75, 3.05) is 19.6 Å². The average Bonchev–Trinajstić information content (AvgIpc) is 2.61. The van der Waals surface area contributed by atoms with Gasteiger partial charge in [0.15, 0.2) is 0 Å². The predicted molar refractivity (Wildman–Crippen MR) is 67.9 cm³/mol. The summed E-state index contributed by atoms with van der Waals surface area (Å²) in [5.41, 5.74) is 2.59. The van der Waals surface area contributed by atoms with Crippen molar-refractivity contribution >= 4 is 0 Å². The van der Waals surface area contributed by atoms with E-state index in [1.807, 2.05) is 13.8 Å². The van der Waals surface area contributed by atoms with E-state index in [2.05, 4.69) is 22.7 Å². The molecule has 1 aromatic rings. The van der Waals surface area contributed by atoms with Crippen LogP contribution < -0.4 is 10.6 Å². The van der Waals surface area contributed by atoms with Gasteiger partial charge in [0.2, 0.25) is 0 Å². The van der Waals surface area contributed by atoms with E-state index in [1.165, 1.54) is 24.9 Å². The Hall–Kier alpha value is -0.870. The first-order valence-electron chi connectivity index (χ1n) is 6.44. The highest BCUT2D eigenvalue weighted by Crippen LogP contribution is 2.24. The van der Waals surface area contributed by atoms with Crippen LogP contribution in [0.1, 0.15) is 36.8 Å². The summed E-state index contributed by atoms with van der Waals surface area (Å²) in [4.78, 5) is 0. The number of piperidine rings is 1. The average molecular weight is 237 g/mol. The largest absolute Gasteiger partial charge is 0.361 e. The van der Waals surface area contributed by atoms with E-state index < -0.39 is 0 Å². The van der Waals surface area contributed by atoms with Crippen molar-refractivity contribution in [3.63, 3.8) is 0 Å². The molecule has 1 aliphatic rings. The molecule has 2 N–H and O–H groups in total. The summed E-state index contributed by atoms with van der Waals surface area (Å²) in [5.74, 6) is 0.932. The number of hydrogen-bond acceptors (Lipinski definition) is 4. The van der Waals surface area contributed by atoms with E-state index in [0.717, 1.165) is 31.1 Å². The Morgan fingerprint density at radius 2 is 2.29 bits per heavy atom. The van der Waals surface area contributed by atoms with Crippen molar-refractivity contribution in [1.82, 2.24) is 15.8 Å². The fraction of sp³-hybridized carbons (Fsp3) is 0.769. The van der Waals surface area contributed by atoms with Crippen LogP contribution in [0.5, 0.6) is 0 Å². The molecule has 1 fully saturated rings. The molecular weight excluding hydrogens is 214 g/mol. The molecule has 1 aliphatic heterocycles. The molecule has 1 aromatic heterocycles. The molecule has 0 amide bonds. The molecule has 1 atom stereocenters. The zero-order valence-corrected chi connectivity index (χ0v) is 11.1. The first-order valence-corrected chi connectivity index (χ1v) is 6.44. The molecule has 1 saturated heterocycles. The maximum Gasteiger partial charge on any atom is 0.138 e. The fourth-order valence-electron chi connectivity index (χ4n) is 2.51. The van der Waals surface area contributed by atoms with Gasteiger partial charge in [0.05, 0.1) is 5.69 Å². The van der Waals surface area contributed by atoms with Crippen LogP contribution in [-0.4, -0.2) is 24.8 Å². The van der Waals surface area contributed by atoms with Crippen molar-refractivity contribution in [2.45, 2.75) is 40.2 Å². The number of hydrogen-bond donors (Lipinski definition) is 2. The van der Waals surface area contributed by atoms with Crippen molar-refractivity contribution in [2.24, 2.45) is 5.41 Å². The van der Waals surface area contributed by atoms with E-state index in [9.17, 15) is 0 Å². The summed E-state index contributed by atoms with van der Waals surface area (Å²) in [6.45, 7) is 10.5. The second kappa shape index (κ2) is 5.19. The van der Waals surface area contributed by atoms with Gasteiger partial charge < -0.3 is 15.2 Å². The van der Waals surface area contributed by atoms with E-state index in [0.29, 0.717) is 5.41 Å². The van der Waals surface area contributed by atoms with Crippen LogP contribution in [0.15, 0.2) is 4.52 Å². The standard InChI is InChI=1S/C13H23N3O/c1-10-12(11(2)17-16-10)7-15-9-13(3)5-4-6-14-8-13/h14-15H,4-9H2,1-3H3. The Balaban J connectivity index is 1.83. The normalized spacial score (nSPS) is 25.1. The first-order chi connectivity index (χ1) is 8.11. The second-order valence-electron chi connectivity index (χ2n) is 5.50. The maximum atomic E-state index is 5.16. The molecule has 0 aliphatic carbocycles. The van der Waals surface area contributed by atoms with Crippen molar-refractivity contribution in [1.29, 1.82) is 0 Å².